The second-order valence-corrected chi connectivity index (χ2v) is 7.95. The zero-order chi connectivity index (χ0) is 19.1. The summed E-state index contributed by atoms with van der Waals surface area (Å²) in [4.78, 5) is 27.6. The van der Waals surface area contributed by atoms with Crippen molar-refractivity contribution in [2.45, 2.75) is 38.5 Å². The smallest absolute Gasteiger partial charge is 0.232 e. The first-order valence-corrected chi connectivity index (χ1v) is 9.82. The van der Waals surface area contributed by atoms with Gasteiger partial charge in [-0.25, -0.2) is 0 Å². The van der Waals surface area contributed by atoms with Gasteiger partial charge in [0.1, 0.15) is 0 Å². The fourth-order valence-electron chi connectivity index (χ4n) is 4.00. The van der Waals surface area contributed by atoms with Gasteiger partial charge in [-0.15, -0.1) is 0 Å². The van der Waals surface area contributed by atoms with Gasteiger partial charge in [0.2, 0.25) is 5.91 Å². The normalized spacial score (nSPS) is 20.1. The second-order valence-electron chi connectivity index (χ2n) is 7.13. The standard InChI is InChI=1S/C22H19Cl2NO2/c1-13-5-7-14(8-6-13)16-12-21(27)25(15-9-10-17(23)18(24)11-15)19-3-2-4-20(26)22(16)19/h5-11,16H,2-4,12H2,1H3. The van der Waals surface area contributed by atoms with E-state index in [9.17, 15) is 9.59 Å². The minimum Gasteiger partial charge on any atom is -0.294 e. The molecule has 2 aliphatic rings. The topological polar surface area (TPSA) is 37.4 Å². The Hall–Kier alpha value is -2.10. The molecule has 1 amide bonds. The van der Waals surface area contributed by atoms with E-state index in [1.54, 1.807) is 23.1 Å². The van der Waals surface area contributed by atoms with Crippen LogP contribution in [0.15, 0.2) is 53.7 Å². The molecule has 3 nitrogen and oxygen atoms in total. The van der Waals surface area contributed by atoms with Gasteiger partial charge in [0.05, 0.1) is 15.7 Å². The fraction of sp³-hybridized carbons (Fsp3) is 0.273. The van der Waals surface area contributed by atoms with Crippen molar-refractivity contribution in [1.29, 1.82) is 0 Å². The number of halogens is 2. The van der Waals surface area contributed by atoms with Crippen LogP contribution in [0.25, 0.3) is 0 Å². The Labute approximate surface area is 168 Å². The first kappa shape index (κ1) is 18.3. The molecular formula is C22H19Cl2NO2. The van der Waals surface area contributed by atoms with Crippen LogP contribution in [0.5, 0.6) is 0 Å². The Kier molecular flexibility index (Phi) is 4.83. The third-order valence-electron chi connectivity index (χ3n) is 5.32. The minimum atomic E-state index is -0.181. The zero-order valence-electron chi connectivity index (χ0n) is 15.0. The number of aryl methyl sites for hydroxylation is 1. The van der Waals surface area contributed by atoms with E-state index in [1.165, 1.54) is 0 Å². The molecule has 1 aliphatic carbocycles. The van der Waals surface area contributed by atoms with Crippen LogP contribution in [0.4, 0.5) is 5.69 Å². The first-order chi connectivity index (χ1) is 13.0. The highest BCUT2D eigenvalue weighted by molar-refractivity contribution is 6.42. The van der Waals surface area contributed by atoms with Crippen molar-refractivity contribution in [2.75, 3.05) is 4.90 Å². The Balaban J connectivity index is 1.85. The fourth-order valence-corrected chi connectivity index (χ4v) is 4.29. The van der Waals surface area contributed by atoms with Gasteiger partial charge < -0.3 is 0 Å². The number of allylic oxidation sites excluding steroid dienone is 2. The van der Waals surface area contributed by atoms with Crippen molar-refractivity contribution in [3.63, 3.8) is 0 Å². The van der Waals surface area contributed by atoms with Gasteiger partial charge in [-0.3, -0.25) is 14.5 Å². The molecule has 27 heavy (non-hydrogen) atoms. The number of hydrogen-bond acceptors (Lipinski definition) is 2. The van der Waals surface area contributed by atoms with E-state index in [2.05, 4.69) is 0 Å². The summed E-state index contributed by atoms with van der Waals surface area (Å²) >= 11 is 12.2. The molecule has 1 unspecified atom stereocenters. The maximum Gasteiger partial charge on any atom is 0.232 e. The Morgan fingerprint density at radius 2 is 1.70 bits per heavy atom. The van der Waals surface area contributed by atoms with Gasteiger partial charge in [0.25, 0.3) is 0 Å². The van der Waals surface area contributed by atoms with Gasteiger partial charge in [-0.05, 0) is 43.5 Å². The van der Waals surface area contributed by atoms with Gasteiger partial charge in [-0.2, -0.15) is 0 Å². The summed E-state index contributed by atoms with van der Waals surface area (Å²) in [5.41, 5.74) is 4.43. The van der Waals surface area contributed by atoms with E-state index >= 15 is 0 Å². The number of ketones is 1. The van der Waals surface area contributed by atoms with Crippen LogP contribution in [0, 0.1) is 6.92 Å². The Bertz CT molecular complexity index is 963. The summed E-state index contributed by atoms with van der Waals surface area (Å²) in [6.45, 7) is 2.03. The molecule has 0 radical (unpaired) electrons. The molecule has 1 heterocycles. The van der Waals surface area contributed by atoms with Crippen molar-refractivity contribution in [3.8, 4) is 0 Å². The van der Waals surface area contributed by atoms with Crippen LogP contribution in [0.2, 0.25) is 10.0 Å². The zero-order valence-corrected chi connectivity index (χ0v) is 16.5. The predicted octanol–water partition coefficient (Wildman–Crippen LogP) is 5.83. The quantitative estimate of drug-likeness (QED) is 0.636. The Morgan fingerprint density at radius 3 is 2.41 bits per heavy atom. The Morgan fingerprint density at radius 1 is 0.963 bits per heavy atom. The molecule has 2 aromatic rings. The van der Waals surface area contributed by atoms with Gasteiger partial charge in [0, 0.05) is 30.0 Å². The number of amides is 1. The van der Waals surface area contributed by atoms with Crippen molar-refractivity contribution in [2.24, 2.45) is 0 Å². The van der Waals surface area contributed by atoms with Crippen LogP contribution < -0.4 is 4.90 Å². The average Bonchev–Trinajstić information content (AvgIpc) is 2.64. The number of carbonyl (C=O) groups excluding carboxylic acids is 2. The lowest BCUT2D eigenvalue weighted by atomic mass is 9.77. The molecule has 5 heteroatoms. The molecule has 1 aliphatic heterocycles. The highest BCUT2D eigenvalue weighted by Crippen LogP contribution is 2.44. The summed E-state index contributed by atoms with van der Waals surface area (Å²) in [6.07, 6.45) is 2.26. The van der Waals surface area contributed by atoms with Crippen LogP contribution in [0.3, 0.4) is 0 Å². The molecule has 4 rings (SSSR count). The van der Waals surface area contributed by atoms with E-state index in [1.807, 2.05) is 31.2 Å². The third kappa shape index (κ3) is 3.30. The summed E-state index contributed by atoms with van der Waals surface area (Å²) in [6, 6.07) is 13.3. The number of carbonyl (C=O) groups is 2. The number of hydrogen-bond donors (Lipinski definition) is 0. The SMILES string of the molecule is Cc1ccc(C2CC(=O)N(c3ccc(Cl)c(Cl)c3)C3=C2C(=O)CCC3)cc1. The van der Waals surface area contributed by atoms with Gasteiger partial charge in [0.15, 0.2) is 5.78 Å². The summed E-state index contributed by atoms with van der Waals surface area (Å²) in [5, 5.41) is 0.836. The molecule has 0 N–H and O–H groups in total. The number of rotatable bonds is 2. The molecule has 0 aromatic heterocycles. The second kappa shape index (κ2) is 7.14. The van der Waals surface area contributed by atoms with E-state index in [-0.39, 0.29) is 24.0 Å². The summed E-state index contributed by atoms with van der Waals surface area (Å²) in [5.74, 6) is -0.0632. The lowest BCUT2D eigenvalue weighted by Gasteiger charge is -2.38. The average molecular weight is 400 g/mol. The van der Waals surface area contributed by atoms with E-state index in [0.717, 1.165) is 28.8 Å². The maximum absolute atomic E-state index is 13.1. The molecule has 138 valence electrons. The molecule has 0 fully saturated rings. The number of nitrogens with zero attached hydrogens (tertiary/aromatic N) is 1. The van der Waals surface area contributed by atoms with Crippen molar-refractivity contribution in [3.05, 3.63) is 74.9 Å². The van der Waals surface area contributed by atoms with E-state index < -0.39 is 0 Å². The highest BCUT2D eigenvalue weighted by atomic mass is 35.5. The largest absolute Gasteiger partial charge is 0.294 e. The lowest BCUT2D eigenvalue weighted by molar-refractivity contribution is -0.119. The number of anilines is 1. The van der Waals surface area contributed by atoms with Crippen LogP contribution in [-0.4, -0.2) is 11.7 Å². The molecule has 0 bridgehead atoms. The molecule has 1 atom stereocenters. The van der Waals surface area contributed by atoms with Gasteiger partial charge in [-0.1, -0.05) is 53.0 Å². The first-order valence-electron chi connectivity index (χ1n) is 9.06. The number of benzene rings is 2. The third-order valence-corrected chi connectivity index (χ3v) is 6.06. The van der Waals surface area contributed by atoms with Crippen molar-refractivity contribution in [1.82, 2.24) is 0 Å². The van der Waals surface area contributed by atoms with Crippen LogP contribution in [0.1, 0.15) is 42.7 Å². The maximum atomic E-state index is 13.1. The summed E-state index contributed by atoms with van der Waals surface area (Å²) in [7, 11) is 0. The molecular weight excluding hydrogens is 381 g/mol. The van der Waals surface area contributed by atoms with Crippen molar-refractivity contribution < 1.29 is 9.59 Å². The molecule has 0 saturated heterocycles. The van der Waals surface area contributed by atoms with Crippen LogP contribution in [-0.2, 0) is 9.59 Å². The molecule has 0 saturated carbocycles. The van der Waals surface area contributed by atoms with Crippen molar-refractivity contribution >= 4 is 40.6 Å². The minimum absolute atomic E-state index is 0.0209. The molecule has 2 aromatic carbocycles. The monoisotopic (exact) mass is 399 g/mol. The highest BCUT2D eigenvalue weighted by Gasteiger charge is 2.39. The lowest BCUT2D eigenvalue weighted by Crippen LogP contribution is -2.40. The molecule has 0 spiro atoms. The predicted molar refractivity (Wildman–Crippen MR) is 108 cm³/mol. The van der Waals surface area contributed by atoms with Gasteiger partial charge >= 0.3 is 0 Å². The van der Waals surface area contributed by atoms with E-state index in [0.29, 0.717) is 28.6 Å². The summed E-state index contributed by atoms with van der Waals surface area (Å²) < 4.78 is 0. The van der Waals surface area contributed by atoms with Crippen LogP contribution >= 0.6 is 23.2 Å². The van der Waals surface area contributed by atoms with E-state index in [4.69, 9.17) is 23.2 Å². The number of Topliss-reactive ketones (excluding diaryl/α,β-unsaturated/α-hetero) is 1.